The van der Waals surface area contributed by atoms with Crippen LogP contribution in [0, 0.1) is 0 Å². The molecule has 0 fully saturated rings. The molecule has 248 valence electrons. The summed E-state index contributed by atoms with van der Waals surface area (Å²) in [7, 11) is -1.49. The number of methoxy groups -OCH3 is 2. The lowest BCUT2D eigenvalue weighted by molar-refractivity contribution is -0.140. The molecule has 0 aliphatic carbocycles. The normalized spacial score (nSPS) is 11.9. The first kappa shape index (κ1) is 35.6. The third kappa shape index (κ3) is 8.97. The maximum atomic E-state index is 14.7. The second kappa shape index (κ2) is 16.0. The summed E-state index contributed by atoms with van der Waals surface area (Å²) in [5.74, 6) is -0.507. The van der Waals surface area contributed by atoms with Crippen molar-refractivity contribution in [2.24, 2.45) is 0 Å². The molecule has 0 aliphatic heterocycles. The molecule has 1 atom stereocenters. The van der Waals surface area contributed by atoms with Gasteiger partial charge >= 0.3 is 0 Å². The molecule has 0 radical (unpaired) electrons. The van der Waals surface area contributed by atoms with E-state index in [4.69, 9.17) is 32.7 Å². The highest BCUT2D eigenvalue weighted by atomic mass is 35.5. The fourth-order valence-corrected chi connectivity index (χ4v) is 6.90. The van der Waals surface area contributed by atoms with Crippen molar-refractivity contribution in [2.45, 2.75) is 43.8 Å². The zero-order valence-corrected chi connectivity index (χ0v) is 28.9. The summed E-state index contributed by atoms with van der Waals surface area (Å²) in [4.78, 5) is 29.8. The number of ether oxygens (including phenoxy) is 2. The predicted molar refractivity (Wildman–Crippen MR) is 185 cm³/mol. The van der Waals surface area contributed by atoms with Gasteiger partial charge in [-0.1, -0.05) is 77.8 Å². The van der Waals surface area contributed by atoms with Crippen molar-refractivity contribution >= 4 is 50.7 Å². The minimum absolute atomic E-state index is 0.0386. The first-order valence-corrected chi connectivity index (χ1v) is 17.0. The highest BCUT2D eigenvalue weighted by Crippen LogP contribution is 2.36. The maximum Gasteiger partial charge on any atom is 0.264 e. The molecule has 0 spiro atoms. The number of hydrogen-bond donors (Lipinski definition) is 1. The Morgan fingerprint density at radius 2 is 1.51 bits per heavy atom. The first-order chi connectivity index (χ1) is 22.4. The fraction of sp³-hybridized carbons (Fsp3) is 0.257. The number of nitrogens with one attached hydrogen (secondary N) is 1. The number of hydrogen-bond acceptors (Lipinski definition) is 6. The molecule has 47 heavy (non-hydrogen) atoms. The van der Waals surface area contributed by atoms with Gasteiger partial charge in [0, 0.05) is 35.1 Å². The number of nitrogens with zero attached hydrogens (tertiary/aromatic N) is 2. The van der Waals surface area contributed by atoms with E-state index in [9.17, 15) is 18.0 Å². The monoisotopic (exact) mass is 697 g/mol. The van der Waals surface area contributed by atoms with Crippen LogP contribution in [0.3, 0.4) is 0 Å². The van der Waals surface area contributed by atoms with E-state index in [1.165, 1.54) is 37.3 Å². The molecule has 12 heteroatoms. The summed E-state index contributed by atoms with van der Waals surface area (Å²) in [6.07, 6.45) is 0.157. The van der Waals surface area contributed by atoms with E-state index in [0.29, 0.717) is 21.4 Å². The topological polar surface area (TPSA) is 105 Å². The quantitative estimate of drug-likeness (QED) is 0.164. The first-order valence-electron chi connectivity index (χ1n) is 14.8. The summed E-state index contributed by atoms with van der Waals surface area (Å²) in [6.45, 7) is 2.87. The van der Waals surface area contributed by atoms with Crippen LogP contribution in [0.5, 0.6) is 11.5 Å². The molecule has 0 saturated carbocycles. The van der Waals surface area contributed by atoms with E-state index in [1.807, 2.05) is 44.2 Å². The van der Waals surface area contributed by atoms with Crippen LogP contribution < -0.4 is 19.1 Å². The van der Waals surface area contributed by atoms with E-state index in [-0.39, 0.29) is 35.3 Å². The van der Waals surface area contributed by atoms with Crippen molar-refractivity contribution in [3.63, 3.8) is 0 Å². The Kier molecular flexibility index (Phi) is 12.1. The Balaban J connectivity index is 1.88. The van der Waals surface area contributed by atoms with E-state index in [1.54, 1.807) is 48.5 Å². The summed E-state index contributed by atoms with van der Waals surface area (Å²) in [5, 5.41) is 3.62. The lowest BCUT2D eigenvalue weighted by Crippen LogP contribution is -2.54. The van der Waals surface area contributed by atoms with Crippen LogP contribution in [0.25, 0.3) is 0 Å². The van der Waals surface area contributed by atoms with Gasteiger partial charge in [0.2, 0.25) is 11.8 Å². The molecule has 4 rings (SSSR count). The third-order valence-corrected chi connectivity index (χ3v) is 9.68. The number of sulfonamides is 1. The van der Waals surface area contributed by atoms with Gasteiger partial charge in [0.1, 0.15) is 24.1 Å². The van der Waals surface area contributed by atoms with Crippen LogP contribution >= 0.6 is 23.2 Å². The van der Waals surface area contributed by atoms with E-state index >= 15 is 0 Å². The molecule has 0 heterocycles. The fourth-order valence-electron chi connectivity index (χ4n) is 4.99. The molecule has 4 aromatic rings. The molecule has 0 aliphatic rings. The van der Waals surface area contributed by atoms with E-state index < -0.39 is 34.4 Å². The summed E-state index contributed by atoms with van der Waals surface area (Å²) in [6, 6.07) is 25.3. The lowest BCUT2D eigenvalue weighted by atomic mass is 10.0. The SMILES string of the molecule is COc1ccc(OC)c(N(CC(=O)N(Cc2ccc(Cl)cc2Cl)[C@@H](Cc2ccccc2)C(=O)NC(C)C)S(=O)(=O)c2ccccc2)c1. The van der Waals surface area contributed by atoms with Crippen molar-refractivity contribution in [3.05, 3.63) is 118 Å². The van der Waals surface area contributed by atoms with E-state index in [0.717, 1.165) is 9.87 Å². The Morgan fingerprint density at radius 1 is 0.851 bits per heavy atom. The van der Waals surface area contributed by atoms with Crippen LogP contribution in [-0.4, -0.2) is 58.0 Å². The third-order valence-electron chi connectivity index (χ3n) is 7.32. The number of rotatable bonds is 14. The Morgan fingerprint density at radius 3 is 2.11 bits per heavy atom. The molecule has 4 aromatic carbocycles. The second-order valence-electron chi connectivity index (χ2n) is 11.0. The van der Waals surface area contributed by atoms with Crippen molar-refractivity contribution in [1.82, 2.24) is 10.2 Å². The number of carbonyl (C=O) groups is 2. The second-order valence-corrected chi connectivity index (χ2v) is 13.7. The van der Waals surface area contributed by atoms with Gasteiger partial charge in [-0.2, -0.15) is 0 Å². The van der Waals surface area contributed by atoms with Gasteiger partial charge in [-0.25, -0.2) is 8.42 Å². The van der Waals surface area contributed by atoms with Crippen molar-refractivity contribution in [2.75, 3.05) is 25.1 Å². The van der Waals surface area contributed by atoms with Crippen molar-refractivity contribution < 1.29 is 27.5 Å². The zero-order valence-electron chi connectivity index (χ0n) is 26.5. The maximum absolute atomic E-state index is 14.7. The summed E-state index contributed by atoms with van der Waals surface area (Å²) < 4.78 is 40.5. The van der Waals surface area contributed by atoms with Crippen LogP contribution in [0.1, 0.15) is 25.0 Å². The van der Waals surface area contributed by atoms with Gasteiger partial charge in [0.15, 0.2) is 0 Å². The number of carbonyl (C=O) groups excluding carboxylic acids is 2. The average Bonchev–Trinajstić information content (AvgIpc) is 3.06. The molecule has 0 bridgehead atoms. The number of halogens is 2. The Hall–Kier alpha value is -4.25. The largest absolute Gasteiger partial charge is 0.497 e. The minimum atomic E-state index is -4.34. The molecule has 0 aromatic heterocycles. The molecule has 2 amide bonds. The zero-order chi connectivity index (χ0) is 34.1. The molecule has 0 unspecified atom stereocenters. The van der Waals surface area contributed by atoms with Gasteiger partial charge in [0.05, 0.1) is 24.8 Å². The summed E-state index contributed by atoms with van der Waals surface area (Å²) >= 11 is 12.7. The lowest BCUT2D eigenvalue weighted by Gasteiger charge is -2.34. The molecular weight excluding hydrogens is 661 g/mol. The highest BCUT2D eigenvalue weighted by molar-refractivity contribution is 7.92. The molecule has 0 saturated heterocycles. The smallest absolute Gasteiger partial charge is 0.264 e. The van der Waals surface area contributed by atoms with Gasteiger partial charge in [-0.3, -0.25) is 13.9 Å². The van der Waals surface area contributed by atoms with Crippen LogP contribution in [-0.2, 0) is 32.6 Å². The number of benzene rings is 4. The predicted octanol–water partition coefficient (Wildman–Crippen LogP) is 6.37. The summed E-state index contributed by atoms with van der Waals surface area (Å²) in [5.41, 5.74) is 1.41. The number of amides is 2. The van der Waals surface area contributed by atoms with Gasteiger partial charge < -0.3 is 19.7 Å². The van der Waals surface area contributed by atoms with Crippen LogP contribution in [0.4, 0.5) is 5.69 Å². The number of anilines is 1. The van der Waals surface area contributed by atoms with Crippen molar-refractivity contribution in [3.8, 4) is 11.5 Å². The van der Waals surface area contributed by atoms with Gasteiger partial charge in [-0.05, 0) is 61.4 Å². The highest BCUT2D eigenvalue weighted by Gasteiger charge is 2.36. The van der Waals surface area contributed by atoms with E-state index in [2.05, 4.69) is 5.32 Å². The van der Waals surface area contributed by atoms with Crippen molar-refractivity contribution in [1.29, 1.82) is 0 Å². The Bertz CT molecular complexity index is 1790. The molecular formula is C35H37Cl2N3O6S. The van der Waals surface area contributed by atoms with Gasteiger partial charge in [0.25, 0.3) is 10.0 Å². The standard InChI is InChI=1S/C35H37Cl2N3O6S/c1-24(2)38-35(42)32(19-25-11-7-5-8-12-25)39(22-26-15-16-27(36)20-30(26)37)34(41)23-40(47(43,44)29-13-9-6-10-14-29)31-21-28(45-3)17-18-33(31)46-4/h5-18,20-21,24,32H,19,22-23H2,1-4H3,(H,38,42)/t32-/m0/s1. The molecule has 1 N–H and O–H groups in total. The van der Waals surface area contributed by atoms with Crippen LogP contribution in [0.15, 0.2) is 102 Å². The average molecular weight is 699 g/mol. The molecule has 9 nitrogen and oxygen atoms in total. The minimum Gasteiger partial charge on any atom is -0.497 e. The Labute approximate surface area is 286 Å². The van der Waals surface area contributed by atoms with Crippen LogP contribution in [0.2, 0.25) is 10.0 Å². The van der Waals surface area contributed by atoms with Gasteiger partial charge in [-0.15, -0.1) is 0 Å².